The first kappa shape index (κ1) is 14.4. The van der Waals surface area contributed by atoms with Crippen molar-refractivity contribution in [1.29, 1.82) is 0 Å². The van der Waals surface area contributed by atoms with E-state index < -0.39 is 0 Å². The van der Waals surface area contributed by atoms with Gasteiger partial charge in [-0.1, -0.05) is 33.1 Å². The second-order valence-corrected chi connectivity index (χ2v) is 7.57. The van der Waals surface area contributed by atoms with Crippen molar-refractivity contribution in [3.05, 3.63) is 0 Å². The fourth-order valence-corrected chi connectivity index (χ4v) is 3.57. The zero-order valence-corrected chi connectivity index (χ0v) is 12.3. The van der Waals surface area contributed by atoms with Gasteiger partial charge in [-0.05, 0) is 33.1 Å². The highest BCUT2D eigenvalue weighted by atomic mass is 32.2. The number of nitrogens with one attached hydrogen (secondary N) is 1. The molecule has 0 heterocycles. The predicted octanol–water partition coefficient (Wildman–Crippen LogP) is 4.22. The Bertz CT molecular complexity index is 185. The summed E-state index contributed by atoms with van der Waals surface area (Å²) in [5, 5.41) is 5.38. The lowest BCUT2D eigenvalue weighted by Crippen LogP contribution is -2.41. The van der Waals surface area contributed by atoms with E-state index >= 15 is 0 Å². The van der Waals surface area contributed by atoms with Crippen LogP contribution in [0.15, 0.2) is 0 Å². The maximum absolute atomic E-state index is 3.68. The summed E-state index contributed by atoms with van der Waals surface area (Å²) < 4.78 is 0. The minimum atomic E-state index is 0.307. The van der Waals surface area contributed by atoms with Gasteiger partial charge in [0.05, 0.1) is 0 Å². The highest BCUT2D eigenvalue weighted by Crippen LogP contribution is 2.30. The van der Waals surface area contributed by atoms with Crippen LogP contribution in [0.1, 0.15) is 66.2 Å². The maximum Gasteiger partial charge on any atom is 0.0147 e. The van der Waals surface area contributed by atoms with Gasteiger partial charge in [-0.25, -0.2) is 0 Å². The van der Waals surface area contributed by atoms with Gasteiger partial charge < -0.3 is 5.32 Å². The first-order valence-electron chi connectivity index (χ1n) is 6.94. The molecule has 0 saturated heterocycles. The Morgan fingerprint density at radius 1 is 1.25 bits per heavy atom. The Labute approximate surface area is 106 Å². The number of thioether (sulfide) groups is 1. The normalized spacial score (nSPS) is 21.0. The summed E-state index contributed by atoms with van der Waals surface area (Å²) >= 11 is 2.21. The van der Waals surface area contributed by atoms with Crippen LogP contribution in [0.25, 0.3) is 0 Å². The number of hydrogen-bond acceptors (Lipinski definition) is 2. The Kier molecular flexibility index (Phi) is 6.20. The van der Waals surface area contributed by atoms with Gasteiger partial charge in [-0.2, -0.15) is 11.8 Å². The van der Waals surface area contributed by atoms with Crippen LogP contribution in [0, 0.1) is 0 Å². The van der Waals surface area contributed by atoms with Crippen molar-refractivity contribution < 1.29 is 0 Å². The van der Waals surface area contributed by atoms with E-state index in [1.807, 2.05) is 0 Å². The van der Waals surface area contributed by atoms with E-state index in [4.69, 9.17) is 0 Å². The summed E-state index contributed by atoms with van der Waals surface area (Å²) in [6.07, 6.45) is 8.48. The third kappa shape index (κ3) is 5.58. The van der Waals surface area contributed by atoms with Crippen molar-refractivity contribution in [2.75, 3.05) is 6.54 Å². The molecule has 1 aliphatic carbocycles. The van der Waals surface area contributed by atoms with E-state index in [1.54, 1.807) is 0 Å². The van der Waals surface area contributed by atoms with Crippen LogP contribution in [0.5, 0.6) is 0 Å². The smallest absolute Gasteiger partial charge is 0.0147 e. The molecule has 96 valence electrons. The van der Waals surface area contributed by atoms with Crippen LogP contribution in [0.3, 0.4) is 0 Å². The first-order chi connectivity index (χ1) is 7.53. The van der Waals surface area contributed by atoms with Crippen LogP contribution in [0.2, 0.25) is 0 Å². The van der Waals surface area contributed by atoms with Gasteiger partial charge in [0.1, 0.15) is 0 Å². The molecule has 0 aromatic rings. The molecule has 1 atom stereocenters. The van der Waals surface area contributed by atoms with Gasteiger partial charge in [0.25, 0.3) is 0 Å². The van der Waals surface area contributed by atoms with Gasteiger partial charge in [0, 0.05) is 22.6 Å². The minimum absolute atomic E-state index is 0.307. The second kappa shape index (κ2) is 6.90. The van der Waals surface area contributed by atoms with Crippen LogP contribution in [0.4, 0.5) is 0 Å². The summed E-state index contributed by atoms with van der Waals surface area (Å²) in [7, 11) is 0. The molecule has 0 aromatic heterocycles. The monoisotopic (exact) mass is 243 g/mol. The van der Waals surface area contributed by atoms with Crippen LogP contribution in [-0.2, 0) is 0 Å². The van der Waals surface area contributed by atoms with Crippen LogP contribution < -0.4 is 5.32 Å². The highest BCUT2D eigenvalue weighted by Gasteiger charge is 2.19. The molecule has 1 saturated carbocycles. The van der Waals surface area contributed by atoms with E-state index in [1.165, 1.54) is 38.5 Å². The van der Waals surface area contributed by atoms with Crippen molar-refractivity contribution in [2.45, 2.75) is 82.3 Å². The molecule has 0 amide bonds. The second-order valence-electron chi connectivity index (χ2n) is 5.83. The lowest BCUT2D eigenvalue weighted by molar-refractivity contribution is 0.379. The van der Waals surface area contributed by atoms with Crippen molar-refractivity contribution >= 4 is 11.8 Å². The molecule has 16 heavy (non-hydrogen) atoms. The molecule has 1 unspecified atom stereocenters. The topological polar surface area (TPSA) is 12.0 Å². The fraction of sp³-hybridized carbons (Fsp3) is 1.00. The summed E-state index contributed by atoms with van der Waals surface area (Å²) in [4.78, 5) is 0. The summed E-state index contributed by atoms with van der Waals surface area (Å²) in [5.74, 6) is 0. The van der Waals surface area contributed by atoms with E-state index in [-0.39, 0.29) is 0 Å². The Morgan fingerprint density at radius 2 is 1.88 bits per heavy atom. The zero-order valence-electron chi connectivity index (χ0n) is 11.5. The first-order valence-corrected chi connectivity index (χ1v) is 7.88. The van der Waals surface area contributed by atoms with Crippen molar-refractivity contribution in [2.24, 2.45) is 0 Å². The number of rotatable bonds is 6. The molecule has 0 aromatic carbocycles. The van der Waals surface area contributed by atoms with Crippen molar-refractivity contribution in [1.82, 2.24) is 5.32 Å². The standard InChI is InChI=1S/C14H29NS/c1-5-14(3,4)15-11-12(2)16-13-9-7-6-8-10-13/h12-13,15H,5-11H2,1-4H3. The molecule has 0 spiro atoms. The molecule has 1 aliphatic rings. The molecule has 1 nitrogen and oxygen atoms in total. The number of hydrogen-bond donors (Lipinski definition) is 1. The molecule has 1 fully saturated rings. The van der Waals surface area contributed by atoms with Gasteiger partial charge in [0.2, 0.25) is 0 Å². The average molecular weight is 243 g/mol. The van der Waals surface area contributed by atoms with E-state index in [9.17, 15) is 0 Å². The molecule has 0 bridgehead atoms. The van der Waals surface area contributed by atoms with Gasteiger partial charge in [-0.3, -0.25) is 0 Å². The van der Waals surface area contributed by atoms with Crippen LogP contribution in [-0.4, -0.2) is 22.6 Å². The van der Waals surface area contributed by atoms with Gasteiger partial charge in [-0.15, -0.1) is 0 Å². The molecule has 1 rings (SSSR count). The molecular weight excluding hydrogens is 214 g/mol. The van der Waals surface area contributed by atoms with Crippen molar-refractivity contribution in [3.63, 3.8) is 0 Å². The summed E-state index contributed by atoms with van der Waals surface area (Å²) in [6.45, 7) is 10.4. The molecular formula is C14H29NS. The quantitative estimate of drug-likeness (QED) is 0.749. The summed E-state index contributed by atoms with van der Waals surface area (Å²) in [5.41, 5.74) is 0.307. The lowest BCUT2D eigenvalue weighted by Gasteiger charge is -2.29. The van der Waals surface area contributed by atoms with Gasteiger partial charge in [0.15, 0.2) is 0 Å². The Balaban J connectivity index is 2.17. The minimum Gasteiger partial charge on any atom is -0.311 e. The summed E-state index contributed by atoms with van der Waals surface area (Å²) in [6, 6.07) is 0. The van der Waals surface area contributed by atoms with Crippen molar-refractivity contribution in [3.8, 4) is 0 Å². The van der Waals surface area contributed by atoms with Crippen LogP contribution >= 0.6 is 11.8 Å². The largest absolute Gasteiger partial charge is 0.311 e. The van der Waals surface area contributed by atoms with E-state index in [0.29, 0.717) is 5.54 Å². The zero-order chi connectivity index (χ0) is 12.0. The molecule has 0 aliphatic heterocycles. The third-order valence-electron chi connectivity index (χ3n) is 3.73. The average Bonchev–Trinajstić information content (AvgIpc) is 2.28. The van der Waals surface area contributed by atoms with Gasteiger partial charge >= 0.3 is 0 Å². The highest BCUT2D eigenvalue weighted by molar-refractivity contribution is 8.00. The molecule has 2 heteroatoms. The third-order valence-corrected chi connectivity index (χ3v) is 5.22. The fourth-order valence-electron chi connectivity index (χ4n) is 2.12. The SMILES string of the molecule is CCC(C)(C)NCC(C)SC1CCCCC1. The predicted molar refractivity (Wildman–Crippen MR) is 76.3 cm³/mol. The Morgan fingerprint density at radius 3 is 2.44 bits per heavy atom. The molecule has 1 N–H and O–H groups in total. The molecule has 0 radical (unpaired) electrons. The lowest BCUT2D eigenvalue weighted by atomic mass is 10.0. The van der Waals surface area contributed by atoms with E-state index in [0.717, 1.165) is 17.0 Å². The van der Waals surface area contributed by atoms with E-state index in [2.05, 4.69) is 44.8 Å². The maximum atomic E-state index is 3.68. The Hall–Kier alpha value is 0.310.